The number of ether oxygens (including phenoxy) is 1. The Morgan fingerprint density at radius 3 is 3.00 bits per heavy atom. The highest BCUT2D eigenvalue weighted by Gasteiger charge is 2.38. The first kappa shape index (κ1) is 14.8. The van der Waals surface area contributed by atoms with E-state index in [-0.39, 0.29) is 17.5 Å². The van der Waals surface area contributed by atoms with Gasteiger partial charge in [0, 0.05) is 23.6 Å². The molecule has 1 aliphatic carbocycles. The molecule has 0 unspecified atom stereocenters. The van der Waals surface area contributed by atoms with Gasteiger partial charge in [-0.2, -0.15) is 0 Å². The summed E-state index contributed by atoms with van der Waals surface area (Å²) in [6, 6.07) is 5.18. The van der Waals surface area contributed by atoms with E-state index in [4.69, 9.17) is 9.26 Å². The molecule has 0 amide bonds. The number of phenolic OH excluding ortho intramolecular Hbond substituents is 1. The highest BCUT2D eigenvalue weighted by atomic mass is 16.5. The predicted molar refractivity (Wildman–Crippen MR) is 87.2 cm³/mol. The molecular weight excluding hydrogens is 308 g/mol. The molecule has 6 nitrogen and oxygen atoms in total. The number of rotatable bonds is 2. The van der Waals surface area contributed by atoms with E-state index in [0.717, 1.165) is 40.9 Å². The van der Waals surface area contributed by atoms with Crippen LogP contribution in [0.1, 0.15) is 42.0 Å². The van der Waals surface area contributed by atoms with Crippen molar-refractivity contribution < 1.29 is 19.2 Å². The van der Waals surface area contributed by atoms with Crippen LogP contribution in [0.4, 0.5) is 5.88 Å². The number of phenols is 1. The minimum atomic E-state index is -0.259. The quantitative estimate of drug-likeness (QED) is 0.881. The number of benzene rings is 1. The van der Waals surface area contributed by atoms with E-state index in [0.29, 0.717) is 18.1 Å². The molecule has 1 aromatic carbocycles. The van der Waals surface area contributed by atoms with E-state index in [1.54, 1.807) is 12.1 Å². The molecule has 2 aromatic rings. The number of aromatic hydroxyl groups is 1. The number of aromatic nitrogens is 1. The van der Waals surface area contributed by atoms with Crippen LogP contribution in [0.3, 0.4) is 0 Å². The Hall–Kier alpha value is -2.76. The van der Waals surface area contributed by atoms with Gasteiger partial charge in [-0.1, -0.05) is 11.2 Å². The molecule has 24 heavy (non-hydrogen) atoms. The number of methoxy groups -OCH3 is 1. The van der Waals surface area contributed by atoms with Gasteiger partial charge in [0.15, 0.2) is 17.3 Å². The normalized spacial score (nSPS) is 19.6. The van der Waals surface area contributed by atoms with Crippen molar-refractivity contribution in [2.75, 3.05) is 12.4 Å². The fourth-order valence-corrected chi connectivity index (χ4v) is 3.62. The molecule has 0 radical (unpaired) electrons. The first-order valence-corrected chi connectivity index (χ1v) is 7.96. The van der Waals surface area contributed by atoms with E-state index in [1.165, 1.54) is 7.11 Å². The Labute approximate surface area is 139 Å². The molecule has 2 heterocycles. The summed E-state index contributed by atoms with van der Waals surface area (Å²) in [4.78, 5) is 12.6. The van der Waals surface area contributed by atoms with Crippen LogP contribution in [0.15, 0.2) is 34.0 Å². The lowest BCUT2D eigenvalue weighted by Crippen LogP contribution is -2.26. The second-order valence-corrected chi connectivity index (χ2v) is 6.17. The molecule has 0 fully saturated rings. The zero-order valence-electron chi connectivity index (χ0n) is 13.5. The summed E-state index contributed by atoms with van der Waals surface area (Å²) < 4.78 is 10.6. The molecule has 1 atom stereocenters. The van der Waals surface area contributed by atoms with Crippen molar-refractivity contribution in [3.63, 3.8) is 0 Å². The SMILES string of the molecule is COc1cc([C@@H]2C3=C(CCCC3=O)Nc3onc(C)c32)ccc1O. The fraction of sp³-hybridized carbons (Fsp3) is 0.333. The van der Waals surface area contributed by atoms with Crippen LogP contribution in [0.25, 0.3) is 0 Å². The molecular formula is C18H18N2O4. The van der Waals surface area contributed by atoms with Crippen LogP contribution >= 0.6 is 0 Å². The third-order valence-electron chi connectivity index (χ3n) is 4.74. The van der Waals surface area contributed by atoms with Gasteiger partial charge in [-0.05, 0) is 37.5 Å². The summed E-state index contributed by atoms with van der Waals surface area (Å²) in [5.74, 6) is 0.934. The molecule has 0 spiro atoms. The van der Waals surface area contributed by atoms with Crippen molar-refractivity contribution in [1.82, 2.24) is 5.16 Å². The van der Waals surface area contributed by atoms with Crippen LogP contribution in [0.5, 0.6) is 11.5 Å². The first-order chi connectivity index (χ1) is 11.6. The lowest BCUT2D eigenvalue weighted by atomic mass is 9.76. The maximum Gasteiger partial charge on any atom is 0.233 e. The van der Waals surface area contributed by atoms with Gasteiger partial charge in [-0.25, -0.2) is 0 Å². The van der Waals surface area contributed by atoms with Gasteiger partial charge in [0.05, 0.1) is 18.4 Å². The zero-order valence-corrected chi connectivity index (χ0v) is 13.5. The molecule has 2 N–H and O–H groups in total. The fourth-order valence-electron chi connectivity index (χ4n) is 3.62. The summed E-state index contributed by atoms with van der Waals surface area (Å²) in [6.45, 7) is 1.87. The summed E-state index contributed by atoms with van der Waals surface area (Å²) in [6.07, 6.45) is 2.19. The Morgan fingerprint density at radius 2 is 2.21 bits per heavy atom. The van der Waals surface area contributed by atoms with Gasteiger partial charge in [0.25, 0.3) is 0 Å². The largest absolute Gasteiger partial charge is 0.504 e. The number of fused-ring (bicyclic) bond motifs is 1. The van der Waals surface area contributed by atoms with Crippen molar-refractivity contribution in [3.8, 4) is 11.5 Å². The van der Waals surface area contributed by atoms with Crippen LogP contribution in [0.2, 0.25) is 0 Å². The molecule has 4 rings (SSSR count). The number of ketones is 1. The van der Waals surface area contributed by atoms with Crippen LogP contribution in [-0.2, 0) is 4.79 Å². The van der Waals surface area contributed by atoms with Gasteiger partial charge in [-0.3, -0.25) is 4.79 Å². The second kappa shape index (κ2) is 5.40. The molecule has 6 heteroatoms. The maximum atomic E-state index is 12.6. The minimum absolute atomic E-state index is 0.0709. The average molecular weight is 326 g/mol. The number of aryl methyl sites for hydroxylation is 1. The minimum Gasteiger partial charge on any atom is -0.504 e. The van der Waals surface area contributed by atoms with Gasteiger partial charge in [0.1, 0.15) is 0 Å². The van der Waals surface area contributed by atoms with E-state index in [2.05, 4.69) is 10.5 Å². The number of carbonyl (C=O) groups excluding carboxylic acids is 1. The summed E-state index contributed by atoms with van der Waals surface area (Å²) in [7, 11) is 1.51. The number of anilines is 1. The monoisotopic (exact) mass is 326 g/mol. The second-order valence-electron chi connectivity index (χ2n) is 6.17. The number of allylic oxidation sites excluding steroid dienone is 2. The van der Waals surface area contributed by atoms with Gasteiger partial charge in [-0.15, -0.1) is 0 Å². The zero-order chi connectivity index (χ0) is 16.8. The van der Waals surface area contributed by atoms with Crippen LogP contribution < -0.4 is 10.1 Å². The third kappa shape index (κ3) is 2.10. The number of Topliss-reactive ketones (excluding diaryl/α,β-unsaturated/α-hetero) is 1. The summed E-state index contributed by atoms with van der Waals surface area (Å²) in [5.41, 5.74) is 4.18. The highest BCUT2D eigenvalue weighted by molar-refractivity contribution is 6.01. The van der Waals surface area contributed by atoms with Gasteiger partial charge in [0.2, 0.25) is 5.88 Å². The molecule has 0 saturated heterocycles. The van der Waals surface area contributed by atoms with Crippen LogP contribution in [0, 0.1) is 6.92 Å². The lowest BCUT2D eigenvalue weighted by Gasteiger charge is -2.31. The highest BCUT2D eigenvalue weighted by Crippen LogP contribution is 2.47. The Bertz CT molecular complexity index is 866. The van der Waals surface area contributed by atoms with E-state index in [1.807, 2.05) is 13.0 Å². The summed E-state index contributed by atoms with van der Waals surface area (Å²) in [5, 5.41) is 17.2. The molecule has 1 aliphatic heterocycles. The molecule has 2 aliphatic rings. The number of hydrogen-bond donors (Lipinski definition) is 2. The smallest absolute Gasteiger partial charge is 0.233 e. The topological polar surface area (TPSA) is 84.6 Å². The van der Waals surface area contributed by atoms with Crippen molar-refractivity contribution in [2.24, 2.45) is 0 Å². The van der Waals surface area contributed by atoms with Crippen LogP contribution in [-0.4, -0.2) is 23.2 Å². The average Bonchev–Trinajstić information content (AvgIpc) is 2.95. The predicted octanol–water partition coefficient (Wildman–Crippen LogP) is 3.26. The molecule has 1 aromatic heterocycles. The van der Waals surface area contributed by atoms with Gasteiger partial charge < -0.3 is 19.7 Å². The lowest BCUT2D eigenvalue weighted by molar-refractivity contribution is -0.116. The number of hydrogen-bond acceptors (Lipinski definition) is 6. The molecule has 124 valence electrons. The van der Waals surface area contributed by atoms with Crippen molar-refractivity contribution in [2.45, 2.75) is 32.1 Å². The molecule has 0 bridgehead atoms. The van der Waals surface area contributed by atoms with E-state index >= 15 is 0 Å². The van der Waals surface area contributed by atoms with Crippen molar-refractivity contribution in [3.05, 3.63) is 46.3 Å². The van der Waals surface area contributed by atoms with Gasteiger partial charge >= 0.3 is 0 Å². The Balaban J connectivity index is 1.94. The number of nitrogens with one attached hydrogen (secondary N) is 1. The Morgan fingerprint density at radius 1 is 1.38 bits per heavy atom. The molecule has 0 saturated carbocycles. The van der Waals surface area contributed by atoms with E-state index < -0.39 is 0 Å². The van der Waals surface area contributed by atoms with E-state index in [9.17, 15) is 9.90 Å². The standard InChI is InChI=1S/C18H18N2O4/c1-9-15-16(10-6-7-12(21)14(8-10)23-2)17-11(4-3-5-13(17)22)19-18(15)24-20-9/h6-8,16,19,21H,3-5H2,1-2H3/t16-/m0/s1. The Kier molecular flexibility index (Phi) is 3.33. The number of carbonyl (C=O) groups is 1. The third-order valence-corrected chi connectivity index (χ3v) is 4.74. The summed E-state index contributed by atoms with van der Waals surface area (Å²) >= 11 is 0. The maximum absolute atomic E-state index is 12.6. The van der Waals surface area contributed by atoms with Crippen molar-refractivity contribution in [1.29, 1.82) is 0 Å². The van der Waals surface area contributed by atoms with Crippen molar-refractivity contribution >= 4 is 11.7 Å². The first-order valence-electron chi connectivity index (χ1n) is 7.96. The number of nitrogens with zero attached hydrogens (tertiary/aromatic N) is 1.